The van der Waals surface area contributed by atoms with Crippen molar-refractivity contribution in [2.24, 2.45) is 0 Å². The molecule has 6 nitrogen and oxygen atoms in total. The Labute approximate surface area is 106 Å². The summed E-state index contributed by atoms with van der Waals surface area (Å²) in [5.41, 5.74) is 6.72. The number of hydrogen-bond acceptors (Lipinski definition) is 6. The Bertz CT molecular complexity index is 513. The van der Waals surface area contributed by atoms with Crippen molar-refractivity contribution >= 4 is 17.6 Å². The van der Waals surface area contributed by atoms with Gasteiger partial charge in [0.2, 0.25) is 5.95 Å². The number of rotatable bonds is 4. The fraction of sp³-hybridized carbons (Fsp3) is 0.250. The van der Waals surface area contributed by atoms with E-state index >= 15 is 0 Å². The number of anilines is 3. The van der Waals surface area contributed by atoms with Crippen molar-refractivity contribution < 1.29 is 0 Å². The first kappa shape index (κ1) is 12.1. The van der Waals surface area contributed by atoms with Crippen LogP contribution in [0.3, 0.4) is 0 Å². The minimum Gasteiger partial charge on any atom is -0.373 e. The highest BCUT2D eigenvalue weighted by atomic mass is 15.1. The van der Waals surface area contributed by atoms with E-state index in [2.05, 4.69) is 25.6 Å². The lowest BCUT2D eigenvalue weighted by molar-refractivity contribution is 0.865. The van der Waals surface area contributed by atoms with Crippen LogP contribution >= 0.6 is 0 Å². The molecule has 0 spiro atoms. The molecular formula is C12H16N6. The second-order valence-corrected chi connectivity index (χ2v) is 3.90. The van der Waals surface area contributed by atoms with Crippen LogP contribution in [0.5, 0.6) is 0 Å². The van der Waals surface area contributed by atoms with Crippen molar-refractivity contribution in [3.8, 4) is 0 Å². The predicted octanol–water partition coefficient (Wildman–Crippen LogP) is 1.67. The van der Waals surface area contributed by atoms with Crippen molar-refractivity contribution in [2.45, 2.75) is 13.0 Å². The number of nitrogens with one attached hydrogen (secondary N) is 2. The number of nitrogen functional groups attached to an aromatic ring is 1. The largest absolute Gasteiger partial charge is 0.373 e. The summed E-state index contributed by atoms with van der Waals surface area (Å²) in [7, 11) is 1.79. The summed E-state index contributed by atoms with van der Waals surface area (Å²) >= 11 is 0. The molecule has 0 aliphatic heterocycles. The maximum atomic E-state index is 5.63. The van der Waals surface area contributed by atoms with Crippen LogP contribution in [0.1, 0.15) is 18.5 Å². The molecule has 1 unspecified atom stereocenters. The van der Waals surface area contributed by atoms with Gasteiger partial charge >= 0.3 is 0 Å². The predicted molar refractivity (Wildman–Crippen MR) is 72.3 cm³/mol. The third kappa shape index (κ3) is 2.85. The zero-order valence-electron chi connectivity index (χ0n) is 10.4. The summed E-state index contributed by atoms with van der Waals surface area (Å²) in [6.45, 7) is 2.04. The Kier molecular flexibility index (Phi) is 3.57. The number of nitrogens with zero attached hydrogens (tertiary/aromatic N) is 3. The van der Waals surface area contributed by atoms with Crippen molar-refractivity contribution in [3.05, 3.63) is 36.2 Å². The van der Waals surface area contributed by atoms with Crippen molar-refractivity contribution in [1.82, 2.24) is 15.0 Å². The third-order valence-corrected chi connectivity index (χ3v) is 2.55. The van der Waals surface area contributed by atoms with E-state index in [4.69, 9.17) is 5.73 Å². The topological polar surface area (TPSA) is 88.8 Å². The summed E-state index contributed by atoms with van der Waals surface area (Å²) in [5, 5.41) is 6.20. The minimum atomic E-state index is 0.0951. The van der Waals surface area contributed by atoms with Crippen LogP contribution in [-0.2, 0) is 0 Å². The van der Waals surface area contributed by atoms with E-state index in [9.17, 15) is 0 Å². The Morgan fingerprint density at radius 1 is 1.28 bits per heavy atom. The zero-order valence-corrected chi connectivity index (χ0v) is 10.4. The summed E-state index contributed by atoms with van der Waals surface area (Å²) in [6, 6.07) is 5.82. The highest BCUT2D eigenvalue weighted by Gasteiger charge is 2.07. The first-order chi connectivity index (χ1) is 8.69. The van der Waals surface area contributed by atoms with Gasteiger partial charge in [-0.15, -0.1) is 0 Å². The molecule has 0 saturated carbocycles. The Hall–Kier alpha value is -2.37. The first-order valence-electron chi connectivity index (χ1n) is 5.68. The number of nitrogens with two attached hydrogens (primary N) is 1. The van der Waals surface area contributed by atoms with Gasteiger partial charge in [0.1, 0.15) is 11.6 Å². The standard InChI is InChI=1S/C12H16N6/c1-8(9-4-3-5-15-7-9)16-11-6-10(14-2)17-12(13)18-11/h3-8H,1-2H3,(H4,13,14,16,17,18). The van der Waals surface area contributed by atoms with E-state index < -0.39 is 0 Å². The van der Waals surface area contributed by atoms with E-state index in [1.165, 1.54) is 0 Å². The second kappa shape index (κ2) is 5.31. The molecule has 2 aromatic heterocycles. The van der Waals surface area contributed by atoms with Crippen LogP contribution < -0.4 is 16.4 Å². The van der Waals surface area contributed by atoms with Crippen molar-refractivity contribution in [3.63, 3.8) is 0 Å². The fourth-order valence-corrected chi connectivity index (χ4v) is 1.61. The molecule has 4 N–H and O–H groups in total. The summed E-state index contributed by atoms with van der Waals surface area (Å²) < 4.78 is 0. The molecule has 94 valence electrons. The molecule has 2 aromatic rings. The minimum absolute atomic E-state index is 0.0951. The summed E-state index contributed by atoms with van der Waals surface area (Å²) in [6.07, 6.45) is 3.57. The van der Waals surface area contributed by atoms with E-state index in [1.54, 1.807) is 13.2 Å². The van der Waals surface area contributed by atoms with Crippen molar-refractivity contribution in [1.29, 1.82) is 0 Å². The number of aromatic nitrogens is 3. The van der Waals surface area contributed by atoms with E-state index in [-0.39, 0.29) is 12.0 Å². The van der Waals surface area contributed by atoms with Crippen LogP contribution in [0.15, 0.2) is 30.6 Å². The molecule has 18 heavy (non-hydrogen) atoms. The summed E-state index contributed by atoms with van der Waals surface area (Å²) in [5.74, 6) is 1.61. The van der Waals surface area contributed by atoms with Gasteiger partial charge in [0.25, 0.3) is 0 Å². The smallest absolute Gasteiger partial charge is 0.223 e. The zero-order chi connectivity index (χ0) is 13.0. The second-order valence-electron chi connectivity index (χ2n) is 3.90. The molecule has 6 heteroatoms. The van der Waals surface area contributed by atoms with Crippen molar-refractivity contribution in [2.75, 3.05) is 23.4 Å². The number of hydrogen-bond donors (Lipinski definition) is 3. The van der Waals surface area contributed by atoms with Gasteiger partial charge in [-0.25, -0.2) is 0 Å². The molecule has 0 bridgehead atoms. The van der Waals surface area contributed by atoms with Gasteiger partial charge in [0.15, 0.2) is 0 Å². The van der Waals surface area contributed by atoms with Crippen LogP contribution in [0.25, 0.3) is 0 Å². The number of pyridine rings is 1. The van der Waals surface area contributed by atoms with Crippen LogP contribution in [0.4, 0.5) is 17.6 Å². The molecule has 0 fully saturated rings. The molecular weight excluding hydrogens is 228 g/mol. The van der Waals surface area contributed by atoms with Crippen LogP contribution in [0, 0.1) is 0 Å². The lowest BCUT2D eigenvalue weighted by atomic mass is 10.1. The molecule has 0 radical (unpaired) electrons. The average Bonchev–Trinajstić information content (AvgIpc) is 2.39. The normalized spacial score (nSPS) is 11.9. The Morgan fingerprint density at radius 3 is 2.72 bits per heavy atom. The van der Waals surface area contributed by atoms with E-state index in [0.717, 1.165) is 5.56 Å². The molecule has 0 saturated heterocycles. The highest BCUT2D eigenvalue weighted by Crippen LogP contribution is 2.19. The maximum Gasteiger partial charge on any atom is 0.223 e. The quantitative estimate of drug-likeness (QED) is 0.758. The lowest BCUT2D eigenvalue weighted by Gasteiger charge is -2.15. The van der Waals surface area contributed by atoms with Gasteiger partial charge in [-0.2, -0.15) is 9.97 Å². The highest BCUT2D eigenvalue weighted by molar-refractivity contribution is 5.51. The SMILES string of the molecule is CNc1cc(NC(C)c2cccnc2)nc(N)n1. The van der Waals surface area contributed by atoms with Gasteiger partial charge in [-0.05, 0) is 18.6 Å². The Morgan fingerprint density at radius 2 is 2.06 bits per heavy atom. The molecule has 2 heterocycles. The molecule has 0 aliphatic rings. The lowest BCUT2D eigenvalue weighted by Crippen LogP contribution is -2.10. The van der Waals surface area contributed by atoms with Crippen LogP contribution in [-0.4, -0.2) is 22.0 Å². The summed E-state index contributed by atoms with van der Waals surface area (Å²) in [4.78, 5) is 12.3. The monoisotopic (exact) mass is 244 g/mol. The van der Waals surface area contributed by atoms with Crippen LogP contribution in [0.2, 0.25) is 0 Å². The molecule has 2 rings (SSSR count). The average molecular weight is 244 g/mol. The van der Waals surface area contributed by atoms with Gasteiger partial charge in [0, 0.05) is 25.5 Å². The van der Waals surface area contributed by atoms with Gasteiger partial charge in [0.05, 0.1) is 6.04 Å². The molecule has 0 amide bonds. The van der Waals surface area contributed by atoms with Gasteiger partial charge in [-0.1, -0.05) is 6.07 Å². The third-order valence-electron chi connectivity index (χ3n) is 2.55. The first-order valence-corrected chi connectivity index (χ1v) is 5.68. The molecule has 0 aromatic carbocycles. The fourth-order valence-electron chi connectivity index (χ4n) is 1.61. The van der Waals surface area contributed by atoms with E-state index in [1.807, 2.05) is 31.3 Å². The van der Waals surface area contributed by atoms with Gasteiger partial charge < -0.3 is 16.4 Å². The van der Waals surface area contributed by atoms with E-state index in [0.29, 0.717) is 11.6 Å². The molecule has 1 atom stereocenters. The van der Waals surface area contributed by atoms with Gasteiger partial charge in [-0.3, -0.25) is 4.98 Å². The maximum absolute atomic E-state index is 5.63. The molecule has 0 aliphatic carbocycles. The Balaban J connectivity index is 2.16.